The molecule has 180 valence electrons. The molecule has 2 N–H and O–H groups in total. The first kappa shape index (κ1) is 25.8. The Labute approximate surface area is 206 Å². The lowest BCUT2D eigenvalue weighted by Gasteiger charge is -2.12. The summed E-state index contributed by atoms with van der Waals surface area (Å²) >= 11 is 12.0. The molecule has 0 unspecified atom stereocenters. The van der Waals surface area contributed by atoms with Crippen molar-refractivity contribution in [3.05, 3.63) is 81.6 Å². The summed E-state index contributed by atoms with van der Waals surface area (Å²) in [4.78, 5) is 12.3. The van der Waals surface area contributed by atoms with Crippen molar-refractivity contribution in [3.63, 3.8) is 0 Å². The van der Waals surface area contributed by atoms with Crippen LogP contribution in [-0.4, -0.2) is 35.1 Å². The maximum Gasteiger partial charge on any atom is 0.258 e. The second-order valence-corrected chi connectivity index (χ2v) is 9.59. The van der Waals surface area contributed by atoms with Crippen LogP contribution in [0, 0.1) is 5.82 Å². The van der Waals surface area contributed by atoms with Gasteiger partial charge in [0.05, 0.1) is 40.4 Å². The van der Waals surface area contributed by atoms with Gasteiger partial charge in [-0.15, -0.1) is 0 Å². The minimum absolute atomic E-state index is 0.0643. The van der Waals surface area contributed by atoms with Crippen molar-refractivity contribution in [2.45, 2.75) is 11.3 Å². The third-order valence-corrected chi connectivity index (χ3v) is 7.12. The maximum atomic E-state index is 14.3. The Hall–Kier alpha value is -2.85. The van der Waals surface area contributed by atoms with Gasteiger partial charge < -0.3 is 14.8 Å². The lowest BCUT2D eigenvalue weighted by molar-refractivity contribution is 0.102. The third-order valence-electron chi connectivity index (χ3n) is 4.85. The van der Waals surface area contributed by atoms with E-state index in [4.69, 9.17) is 32.7 Å². The molecule has 3 aromatic carbocycles. The first-order valence-electron chi connectivity index (χ1n) is 9.91. The van der Waals surface area contributed by atoms with Gasteiger partial charge in [-0.3, -0.25) is 4.79 Å². The Morgan fingerprint density at radius 1 is 1.00 bits per heavy atom. The van der Waals surface area contributed by atoms with E-state index in [9.17, 15) is 17.6 Å². The highest BCUT2D eigenvalue weighted by Gasteiger charge is 2.20. The smallest absolute Gasteiger partial charge is 0.258 e. The fourth-order valence-corrected chi connectivity index (χ4v) is 4.49. The van der Waals surface area contributed by atoms with Crippen molar-refractivity contribution in [1.82, 2.24) is 4.72 Å². The molecule has 0 fully saturated rings. The summed E-state index contributed by atoms with van der Waals surface area (Å²) in [6.07, 6.45) is 0.362. The van der Waals surface area contributed by atoms with E-state index in [1.54, 1.807) is 24.3 Å². The molecular weight excluding hydrogens is 506 g/mol. The van der Waals surface area contributed by atoms with E-state index < -0.39 is 27.3 Å². The van der Waals surface area contributed by atoms with E-state index in [2.05, 4.69) is 10.0 Å². The molecule has 0 aliphatic carbocycles. The van der Waals surface area contributed by atoms with Crippen LogP contribution in [0.15, 0.2) is 59.5 Å². The Morgan fingerprint density at radius 2 is 1.74 bits per heavy atom. The molecule has 0 radical (unpaired) electrons. The molecule has 0 bridgehead atoms. The van der Waals surface area contributed by atoms with Crippen molar-refractivity contribution < 1.29 is 27.1 Å². The van der Waals surface area contributed by atoms with Crippen LogP contribution in [-0.2, 0) is 16.4 Å². The normalized spacial score (nSPS) is 11.2. The lowest BCUT2D eigenvalue weighted by atomic mass is 10.1. The number of nitrogens with one attached hydrogen (secondary N) is 2. The number of halogens is 3. The van der Waals surface area contributed by atoms with E-state index in [0.29, 0.717) is 17.9 Å². The average Bonchev–Trinajstić information content (AvgIpc) is 2.81. The number of hydrogen-bond acceptors (Lipinski definition) is 5. The summed E-state index contributed by atoms with van der Waals surface area (Å²) in [5.41, 5.74) is 0.525. The van der Waals surface area contributed by atoms with E-state index in [1.807, 2.05) is 0 Å². The molecule has 0 atom stereocenters. The zero-order valence-electron chi connectivity index (χ0n) is 18.2. The number of ether oxygens (including phenoxy) is 2. The number of hydrogen-bond donors (Lipinski definition) is 2. The topological polar surface area (TPSA) is 93.7 Å². The molecule has 3 aromatic rings. The Kier molecular flexibility index (Phi) is 8.37. The van der Waals surface area contributed by atoms with Gasteiger partial charge in [0.1, 0.15) is 5.82 Å². The quantitative estimate of drug-likeness (QED) is 0.412. The molecular formula is C23H21Cl2FN2O5S. The number of amides is 1. The number of anilines is 1. The number of sulfonamides is 1. The molecule has 0 saturated heterocycles. The van der Waals surface area contributed by atoms with E-state index in [-0.39, 0.29) is 27.2 Å². The van der Waals surface area contributed by atoms with E-state index in [1.165, 1.54) is 26.4 Å². The average molecular weight is 527 g/mol. The second-order valence-electron chi connectivity index (χ2n) is 7.03. The van der Waals surface area contributed by atoms with Gasteiger partial charge in [0.25, 0.3) is 5.91 Å². The summed E-state index contributed by atoms with van der Waals surface area (Å²) in [5.74, 6) is -0.677. The van der Waals surface area contributed by atoms with Crippen molar-refractivity contribution >= 4 is 44.8 Å². The second kappa shape index (κ2) is 11.1. The molecule has 3 rings (SSSR count). The van der Waals surface area contributed by atoms with E-state index >= 15 is 0 Å². The minimum atomic E-state index is -4.02. The summed E-state index contributed by atoms with van der Waals surface area (Å²) in [5, 5.41) is 2.72. The van der Waals surface area contributed by atoms with Crippen molar-refractivity contribution in [2.24, 2.45) is 0 Å². The van der Waals surface area contributed by atoms with Gasteiger partial charge in [0.2, 0.25) is 10.0 Å². The fraction of sp³-hybridized carbons (Fsp3) is 0.174. The fourth-order valence-electron chi connectivity index (χ4n) is 3.08. The zero-order chi connectivity index (χ0) is 24.9. The lowest BCUT2D eigenvalue weighted by Crippen LogP contribution is -2.26. The van der Waals surface area contributed by atoms with Crippen LogP contribution in [0.1, 0.15) is 15.9 Å². The number of rotatable bonds is 9. The molecule has 0 aromatic heterocycles. The standard InChI is InChI=1S/C23H21Cl2FN2O5S/c1-32-20-9-6-14(12-21(20)33-2)10-11-27-34(30,31)15-7-8-18(26)16(13-15)23(29)28-19-5-3-4-17(24)22(19)25/h3-9,12-13,27H,10-11H2,1-2H3,(H,28,29). The number of methoxy groups -OCH3 is 2. The van der Waals surface area contributed by atoms with Crippen LogP contribution in [0.2, 0.25) is 10.0 Å². The number of carbonyl (C=O) groups excluding carboxylic acids is 1. The summed E-state index contributed by atoms with van der Waals surface area (Å²) in [6.45, 7) is 0.0643. The van der Waals surface area contributed by atoms with Gasteiger partial charge in [-0.1, -0.05) is 35.3 Å². The van der Waals surface area contributed by atoms with Crippen LogP contribution < -0.4 is 19.5 Å². The van der Waals surface area contributed by atoms with Crippen LogP contribution in [0.25, 0.3) is 0 Å². The molecule has 1 amide bonds. The molecule has 0 saturated carbocycles. The molecule has 0 spiro atoms. The predicted octanol–water partition coefficient (Wildman–Crippen LogP) is 4.92. The van der Waals surface area contributed by atoms with Gasteiger partial charge in [-0.05, 0) is 54.4 Å². The van der Waals surface area contributed by atoms with Gasteiger partial charge in [-0.25, -0.2) is 17.5 Å². The molecule has 0 aliphatic heterocycles. The van der Waals surface area contributed by atoms with Crippen LogP contribution >= 0.6 is 23.2 Å². The Balaban J connectivity index is 1.73. The molecule has 0 aliphatic rings. The van der Waals surface area contributed by atoms with Gasteiger partial charge in [0, 0.05) is 6.54 Å². The summed E-state index contributed by atoms with van der Waals surface area (Å²) in [7, 11) is -0.992. The minimum Gasteiger partial charge on any atom is -0.493 e. The summed E-state index contributed by atoms with van der Waals surface area (Å²) in [6, 6.07) is 12.8. The molecule has 11 heteroatoms. The number of carbonyl (C=O) groups is 1. The van der Waals surface area contributed by atoms with Gasteiger partial charge >= 0.3 is 0 Å². The van der Waals surface area contributed by atoms with Crippen molar-refractivity contribution in [1.29, 1.82) is 0 Å². The maximum absolute atomic E-state index is 14.3. The summed E-state index contributed by atoms with van der Waals surface area (Å²) < 4.78 is 52.7. The van der Waals surface area contributed by atoms with Crippen molar-refractivity contribution in [3.8, 4) is 11.5 Å². The van der Waals surface area contributed by atoms with Crippen LogP contribution in [0.5, 0.6) is 11.5 Å². The van der Waals surface area contributed by atoms with Crippen molar-refractivity contribution in [2.75, 3.05) is 26.1 Å². The molecule has 7 nitrogen and oxygen atoms in total. The van der Waals surface area contributed by atoms with Crippen LogP contribution in [0.4, 0.5) is 10.1 Å². The largest absolute Gasteiger partial charge is 0.493 e. The molecule has 0 heterocycles. The first-order valence-corrected chi connectivity index (χ1v) is 12.2. The number of benzene rings is 3. The first-order chi connectivity index (χ1) is 16.2. The highest BCUT2D eigenvalue weighted by Crippen LogP contribution is 2.30. The predicted molar refractivity (Wildman–Crippen MR) is 129 cm³/mol. The van der Waals surface area contributed by atoms with E-state index in [0.717, 1.165) is 23.8 Å². The monoisotopic (exact) mass is 526 g/mol. The Morgan fingerprint density at radius 3 is 2.44 bits per heavy atom. The molecule has 34 heavy (non-hydrogen) atoms. The Bertz CT molecular complexity index is 1320. The van der Waals surface area contributed by atoms with Crippen LogP contribution in [0.3, 0.4) is 0 Å². The van der Waals surface area contributed by atoms with Gasteiger partial charge in [-0.2, -0.15) is 0 Å². The highest BCUT2D eigenvalue weighted by molar-refractivity contribution is 7.89. The van der Waals surface area contributed by atoms with Gasteiger partial charge in [0.15, 0.2) is 11.5 Å². The highest BCUT2D eigenvalue weighted by atomic mass is 35.5. The third kappa shape index (κ3) is 5.98. The zero-order valence-corrected chi connectivity index (χ0v) is 20.5. The SMILES string of the molecule is COc1ccc(CCNS(=O)(=O)c2ccc(F)c(C(=O)Nc3cccc(Cl)c3Cl)c2)cc1OC.